The van der Waals surface area contributed by atoms with E-state index in [1.165, 1.54) is 30.9 Å². The maximum Gasteiger partial charge on any atom is 0.244 e. The van der Waals surface area contributed by atoms with E-state index in [2.05, 4.69) is 23.9 Å². The molecule has 0 spiro atoms. The molecule has 29 heavy (non-hydrogen) atoms. The van der Waals surface area contributed by atoms with Gasteiger partial charge in [0.2, 0.25) is 15.9 Å². The molecule has 3 atom stereocenters. The fourth-order valence-electron chi connectivity index (χ4n) is 3.61. The highest BCUT2D eigenvalue weighted by Gasteiger charge is 2.27. The van der Waals surface area contributed by atoms with Crippen molar-refractivity contribution in [2.45, 2.75) is 50.6 Å². The molecular formula is C22H28N2O4S. The number of carbonyl (C=O) groups excluding carboxylic acids is 1. The van der Waals surface area contributed by atoms with Crippen LogP contribution in [0, 0.1) is 11.8 Å². The highest BCUT2D eigenvalue weighted by molar-refractivity contribution is 7.89. The van der Waals surface area contributed by atoms with Crippen molar-refractivity contribution < 1.29 is 17.6 Å². The molecule has 6 nitrogen and oxygen atoms in total. The van der Waals surface area contributed by atoms with Crippen LogP contribution in [0.2, 0.25) is 0 Å². The van der Waals surface area contributed by atoms with Crippen molar-refractivity contribution in [3.8, 4) is 0 Å². The molecule has 3 rings (SSSR count). The summed E-state index contributed by atoms with van der Waals surface area (Å²) in [6.07, 6.45) is 8.07. The van der Waals surface area contributed by atoms with Gasteiger partial charge in [0.1, 0.15) is 5.76 Å². The Morgan fingerprint density at radius 3 is 2.62 bits per heavy atom. The summed E-state index contributed by atoms with van der Waals surface area (Å²) in [5.41, 5.74) is 0.759. The summed E-state index contributed by atoms with van der Waals surface area (Å²) in [5.74, 6) is 1.52. The Balaban J connectivity index is 1.56. The topological polar surface area (TPSA) is 88.4 Å². The molecular weight excluding hydrogens is 388 g/mol. The second kappa shape index (κ2) is 9.41. The van der Waals surface area contributed by atoms with Gasteiger partial charge in [0.25, 0.3) is 0 Å². The van der Waals surface area contributed by atoms with Crippen LogP contribution in [0.15, 0.2) is 58.1 Å². The Hall–Kier alpha value is -2.38. The third kappa shape index (κ3) is 5.81. The van der Waals surface area contributed by atoms with Gasteiger partial charge in [-0.2, -0.15) is 0 Å². The number of furan rings is 1. The van der Waals surface area contributed by atoms with Gasteiger partial charge in [-0.25, -0.2) is 13.1 Å². The monoisotopic (exact) mass is 416 g/mol. The molecule has 0 bridgehead atoms. The van der Waals surface area contributed by atoms with Crippen molar-refractivity contribution in [3.05, 3.63) is 60.1 Å². The van der Waals surface area contributed by atoms with Gasteiger partial charge in [0, 0.05) is 12.1 Å². The molecule has 1 aliphatic rings. The number of nitrogens with one attached hydrogen (secondary N) is 2. The highest BCUT2D eigenvalue weighted by Crippen LogP contribution is 2.29. The molecule has 0 aliphatic heterocycles. The van der Waals surface area contributed by atoms with E-state index in [0.29, 0.717) is 17.6 Å². The summed E-state index contributed by atoms with van der Waals surface area (Å²) in [4.78, 5) is 12.4. The summed E-state index contributed by atoms with van der Waals surface area (Å²) in [6, 6.07) is 10.0. The maximum absolute atomic E-state index is 12.3. The summed E-state index contributed by atoms with van der Waals surface area (Å²) < 4.78 is 32.3. The smallest absolute Gasteiger partial charge is 0.244 e. The van der Waals surface area contributed by atoms with E-state index in [1.54, 1.807) is 30.3 Å². The lowest BCUT2D eigenvalue weighted by atomic mass is 9.78. The first-order valence-corrected chi connectivity index (χ1v) is 11.4. The van der Waals surface area contributed by atoms with Crippen molar-refractivity contribution in [1.82, 2.24) is 10.0 Å². The van der Waals surface area contributed by atoms with Gasteiger partial charge in [-0.15, -0.1) is 0 Å². The summed E-state index contributed by atoms with van der Waals surface area (Å²) >= 11 is 0. The Morgan fingerprint density at radius 2 is 1.93 bits per heavy atom. The average Bonchev–Trinajstić information content (AvgIpc) is 3.23. The second-order valence-corrected chi connectivity index (χ2v) is 9.46. The van der Waals surface area contributed by atoms with E-state index >= 15 is 0 Å². The third-order valence-electron chi connectivity index (χ3n) is 5.67. The predicted octanol–water partition coefficient (Wildman–Crippen LogP) is 3.71. The Bertz CT molecular complexity index is 934. The van der Waals surface area contributed by atoms with Gasteiger partial charge in [-0.1, -0.05) is 38.8 Å². The van der Waals surface area contributed by atoms with Gasteiger partial charge in [-0.05, 0) is 54.2 Å². The number of carbonyl (C=O) groups is 1. The zero-order chi connectivity index (χ0) is 20.9. The van der Waals surface area contributed by atoms with E-state index < -0.39 is 10.0 Å². The van der Waals surface area contributed by atoms with Crippen LogP contribution in [0.1, 0.15) is 44.4 Å². The first kappa shape index (κ1) is 21.3. The summed E-state index contributed by atoms with van der Waals surface area (Å²) in [7, 11) is -3.63. The van der Waals surface area contributed by atoms with Crippen molar-refractivity contribution in [2.24, 2.45) is 11.8 Å². The minimum atomic E-state index is -3.63. The molecule has 1 fully saturated rings. The van der Waals surface area contributed by atoms with Gasteiger partial charge in [0.05, 0.1) is 17.7 Å². The first-order valence-electron chi connectivity index (χ1n) is 9.96. The van der Waals surface area contributed by atoms with Crippen molar-refractivity contribution in [1.29, 1.82) is 0 Å². The van der Waals surface area contributed by atoms with Crippen LogP contribution in [0.4, 0.5) is 0 Å². The van der Waals surface area contributed by atoms with Crippen LogP contribution in [0.3, 0.4) is 0 Å². The van der Waals surface area contributed by atoms with Gasteiger partial charge in [-0.3, -0.25) is 4.79 Å². The molecule has 0 radical (unpaired) electrons. The summed E-state index contributed by atoms with van der Waals surface area (Å²) in [5, 5.41) is 3.09. The Labute approximate surface area is 172 Å². The number of hydrogen-bond acceptors (Lipinski definition) is 4. The fraction of sp³-hybridized carbons (Fsp3) is 0.409. The minimum Gasteiger partial charge on any atom is -0.468 e. The zero-order valence-electron chi connectivity index (χ0n) is 16.8. The van der Waals surface area contributed by atoms with Crippen molar-refractivity contribution in [3.63, 3.8) is 0 Å². The lowest BCUT2D eigenvalue weighted by molar-refractivity contribution is -0.117. The standard InChI is InChI=1S/C22H28N2O4S/c1-16-5-3-7-21(17(16)2)24-22(25)13-10-18-8-11-20(12-9-18)29(26,27)23-15-19-6-4-14-28-19/h4,6,8-14,16-17,21,23H,3,5,7,15H2,1-2H3,(H,24,25)/b13-10+/t16-,17+,21+/m0/s1. The number of benzene rings is 1. The number of rotatable bonds is 7. The van der Waals surface area contributed by atoms with E-state index in [-0.39, 0.29) is 23.4 Å². The maximum atomic E-state index is 12.3. The van der Waals surface area contributed by atoms with E-state index in [9.17, 15) is 13.2 Å². The second-order valence-electron chi connectivity index (χ2n) is 7.69. The lowest BCUT2D eigenvalue weighted by Gasteiger charge is -2.34. The molecule has 0 saturated heterocycles. The fourth-order valence-corrected chi connectivity index (χ4v) is 4.60. The molecule has 1 heterocycles. The molecule has 0 unspecified atom stereocenters. The lowest BCUT2D eigenvalue weighted by Crippen LogP contribution is -2.43. The van der Waals surface area contributed by atoms with Crippen LogP contribution < -0.4 is 10.0 Å². The van der Waals surface area contributed by atoms with E-state index in [1.807, 2.05) is 0 Å². The highest BCUT2D eigenvalue weighted by atomic mass is 32.2. The van der Waals surface area contributed by atoms with Crippen LogP contribution >= 0.6 is 0 Å². The van der Waals surface area contributed by atoms with E-state index in [4.69, 9.17) is 4.42 Å². The van der Waals surface area contributed by atoms with Gasteiger partial charge >= 0.3 is 0 Å². The molecule has 1 amide bonds. The number of hydrogen-bond donors (Lipinski definition) is 2. The molecule has 1 saturated carbocycles. The van der Waals surface area contributed by atoms with Crippen molar-refractivity contribution in [2.75, 3.05) is 0 Å². The normalized spacial score (nSPS) is 22.6. The zero-order valence-corrected chi connectivity index (χ0v) is 17.6. The van der Waals surface area contributed by atoms with E-state index in [0.717, 1.165) is 18.4 Å². The number of amides is 1. The Morgan fingerprint density at radius 1 is 1.17 bits per heavy atom. The predicted molar refractivity (Wildman–Crippen MR) is 112 cm³/mol. The molecule has 156 valence electrons. The average molecular weight is 417 g/mol. The van der Waals surface area contributed by atoms with Gasteiger partial charge in [0.15, 0.2) is 0 Å². The Kier molecular flexibility index (Phi) is 6.92. The van der Waals surface area contributed by atoms with Gasteiger partial charge < -0.3 is 9.73 Å². The largest absolute Gasteiger partial charge is 0.468 e. The van der Waals surface area contributed by atoms with Crippen LogP contribution in [-0.4, -0.2) is 20.4 Å². The molecule has 7 heteroatoms. The quantitative estimate of drug-likeness (QED) is 0.674. The molecule has 1 aliphatic carbocycles. The molecule has 1 aromatic carbocycles. The summed E-state index contributed by atoms with van der Waals surface area (Å²) in [6.45, 7) is 4.52. The third-order valence-corrected chi connectivity index (χ3v) is 7.09. The molecule has 2 N–H and O–H groups in total. The van der Waals surface area contributed by atoms with Crippen LogP contribution in [0.25, 0.3) is 6.08 Å². The first-order chi connectivity index (χ1) is 13.8. The molecule has 2 aromatic rings. The van der Waals surface area contributed by atoms with Crippen LogP contribution in [-0.2, 0) is 21.4 Å². The number of sulfonamides is 1. The van der Waals surface area contributed by atoms with Crippen LogP contribution in [0.5, 0.6) is 0 Å². The molecule has 1 aromatic heterocycles. The minimum absolute atomic E-state index is 0.0926. The SMILES string of the molecule is C[C@@H]1[C@@H](C)CCC[C@H]1NC(=O)/C=C/c1ccc(S(=O)(=O)NCc2ccco2)cc1. The van der Waals surface area contributed by atoms with Crippen molar-refractivity contribution >= 4 is 22.0 Å².